The first-order valence-corrected chi connectivity index (χ1v) is 8.48. The Hall–Kier alpha value is -1.53. The normalized spacial score (nSPS) is 26.9. The second kappa shape index (κ2) is 7.36. The molecular formula is C17H24FN3O2. The maximum atomic E-state index is 13.1. The average Bonchev–Trinajstić information content (AvgIpc) is 2.56. The Labute approximate surface area is 135 Å². The van der Waals surface area contributed by atoms with Crippen molar-refractivity contribution in [1.82, 2.24) is 15.2 Å². The van der Waals surface area contributed by atoms with Crippen molar-refractivity contribution in [2.24, 2.45) is 0 Å². The van der Waals surface area contributed by atoms with E-state index in [1.807, 2.05) is 0 Å². The van der Waals surface area contributed by atoms with Crippen molar-refractivity contribution >= 4 is 5.91 Å². The molecule has 1 aliphatic heterocycles. The number of aromatic nitrogens is 1. The predicted octanol–water partition coefficient (Wildman–Crippen LogP) is 1.72. The third-order valence-corrected chi connectivity index (χ3v) is 5.02. The van der Waals surface area contributed by atoms with Crippen molar-refractivity contribution in [2.75, 3.05) is 13.1 Å². The van der Waals surface area contributed by atoms with E-state index in [4.69, 9.17) is 0 Å². The van der Waals surface area contributed by atoms with Crippen LogP contribution in [0.1, 0.15) is 48.9 Å². The number of amides is 1. The number of pyridine rings is 1. The average molecular weight is 321 g/mol. The SMILES string of the molecule is O=C(NC1CCN(C2CCCCC2O)CC1)c1ccnc(F)c1. The van der Waals surface area contributed by atoms with Crippen LogP contribution in [0.25, 0.3) is 0 Å². The summed E-state index contributed by atoms with van der Waals surface area (Å²) in [6, 6.07) is 3.06. The molecule has 1 aromatic heterocycles. The van der Waals surface area contributed by atoms with Crippen molar-refractivity contribution < 1.29 is 14.3 Å². The first-order chi connectivity index (χ1) is 11.1. The van der Waals surface area contributed by atoms with Gasteiger partial charge in [0.05, 0.1) is 6.10 Å². The largest absolute Gasteiger partial charge is 0.391 e. The van der Waals surface area contributed by atoms with E-state index < -0.39 is 5.95 Å². The van der Waals surface area contributed by atoms with Crippen molar-refractivity contribution in [3.05, 3.63) is 29.8 Å². The summed E-state index contributed by atoms with van der Waals surface area (Å²) in [4.78, 5) is 18.0. The van der Waals surface area contributed by atoms with Gasteiger partial charge in [-0.05, 0) is 31.7 Å². The molecule has 0 aromatic carbocycles. The smallest absolute Gasteiger partial charge is 0.251 e. The molecule has 0 bridgehead atoms. The predicted molar refractivity (Wildman–Crippen MR) is 84.5 cm³/mol. The van der Waals surface area contributed by atoms with Gasteiger partial charge in [0.25, 0.3) is 5.91 Å². The van der Waals surface area contributed by atoms with Crippen LogP contribution >= 0.6 is 0 Å². The number of aliphatic hydroxyl groups is 1. The Morgan fingerprint density at radius 2 is 2.00 bits per heavy atom. The Morgan fingerprint density at radius 1 is 1.26 bits per heavy atom. The first kappa shape index (κ1) is 16.3. The van der Waals surface area contributed by atoms with E-state index in [1.165, 1.54) is 18.7 Å². The number of nitrogens with zero attached hydrogens (tertiary/aromatic N) is 2. The summed E-state index contributed by atoms with van der Waals surface area (Å²) >= 11 is 0. The zero-order valence-electron chi connectivity index (χ0n) is 13.2. The standard InChI is InChI=1S/C17H24FN3O2/c18-16-11-12(5-8-19-16)17(23)20-13-6-9-21(10-7-13)14-3-1-2-4-15(14)22/h5,8,11,13-15,22H,1-4,6-7,9-10H2,(H,20,23). The lowest BCUT2D eigenvalue weighted by Crippen LogP contribution is -2.52. The van der Waals surface area contributed by atoms with Crippen LogP contribution in [-0.2, 0) is 0 Å². The third-order valence-electron chi connectivity index (χ3n) is 5.02. The molecule has 2 atom stereocenters. The molecule has 2 aliphatic rings. The maximum Gasteiger partial charge on any atom is 0.251 e. The molecule has 3 rings (SSSR count). The van der Waals surface area contributed by atoms with Gasteiger partial charge in [0.1, 0.15) is 0 Å². The molecule has 0 radical (unpaired) electrons. The second-order valence-corrected chi connectivity index (χ2v) is 6.57. The molecule has 1 saturated carbocycles. The maximum absolute atomic E-state index is 13.1. The van der Waals surface area contributed by atoms with Crippen molar-refractivity contribution in [3.63, 3.8) is 0 Å². The fraction of sp³-hybridized carbons (Fsp3) is 0.647. The number of piperidine rings is 1. The van der Waals surface area contributed by atoms with Crippen LogP contribution in [0.15, 0.2) is 18.3 Å². The molecule has 1 amide bonds. The highest BCUT2D eigenvalue weighted by Crippen LogP contribution is 2.25. The highest BCUT2D eigenvalue weighted by Gasteiger charge is 2.31. The Morgan fingerprint density at radius 3 is 2.70 bits per heavy atom. The molecule has 0 spiro atoms. The summed E-state index contributed by atoms with van der Waals surface area (Å²) in [6.45, 7) is 1.77. The molecule has 1 saturated heterocycles. The quantitative estimate of drug-likeness (QED) is 0.832. The van der Waals surface area contributed by atoms with E-state index >= 15 is 0 Å². The highest BCUT2D eigenvalue weighted by molar-refractivity contribution is 5.94. The second-order valence-electron chi connectivity index (χ2n) is 6.57. The Kier molecular flexibility index (Phi) is 5.23. The number of rotatable bonds is 3. The van der Waals surface area contributed by atoms with Crippen molar-refractivity contribution in [2.45, 2.75) is 56.7 Å². The molecule has 23 heavy (non-hydrogen) atoms. The Bertz CT molecular complexity index is 546. The number of likely N-dealkylation sites (tertiary alicyclic amines) is 1. The monoisotopic (exact) mass is 321 g/mol. The molecular weight excluding hydrogens is 297 g/mol. The van der Waals surface area contributed by atoms with Crippen LogP contribution in [0.4, 0.5) is 4.39 Å². The minimum Gasteiger partial charge on any atom is -0.391 e. The lowest BCUT2D eigenvalue weighted by Gasteiger charge is -2.41. The molecule has 2 fully saturated rings. The van der Waals surface area contributed by atoms with Gasteiger partial charge in [-0.15, -0.1) is 0 Å². The number of halogens is 1. The van der Waals surface area contributed by atoms with E-state index in [-0.39, 0.29) is 24.1 Å². The van der Waals surface area contributed by atoms with Crippen molar-refractivity contribution in [1.29, 1.82) is 0 Å². The lowest BCUT2D eigenvalue weighted by atomic mass is 9.89. The van der Waals surface area contributed by atoms with E-state index in [0.29, 0.717) is 5.56 Å². The zero-order valence-corrected chi connectivity index (χ0v) is 13.2. The van der Waals surface area contributed by atoms with Gasteiger partial charge >= 0.3 is 0 Å². The minimum atomic E-state index is -0.640. The van der Waals surface area contributed by atoms with Gasteiger partial charge in [0.15, 0.2) is 0 Å². The number of carbonyl (C=O) groups excluding carboxylic acids is 1. The van der Waals surface area contributed by atoms with Crippen LogP contribution in [-0.4, -0.2) is 52.2 Å². The molecule has 2 unspecified atom stereocenters. The van der Waals surface area contributed by atoms with Gasteiger partial charge in [-0.3, -0.25) is 9.69 Å². The highest BCUT2D eigenvalue weighted by atomic mass is 19.1. The first-order valence-electron chi connectivity index (χ1n) is 8.48. The fourth-order valence-electron chi connectivity index (χ4n) is 3.71. The summed E-state index contributed by atoms with van der Waals surface area (Å²) in [6.07, 6.45) is 7.08. The van der Waals surface area contributed by atoms with Gasteiger partial charge in [-0.1, -0.05) is 12.8 Å². The van der Waals surface area contributed by atoms with Crippen molar-refractivity contribution in [3.8, 4) is 0 Å². The summed E-state index contributed by atoms with van der Waals surface area (Å²) in [7, 11) is 0. The van der Waals surface area contributed by atoms with Gasteiger partial charge in [0.2, 0.25) is 5.95 Å². The molecule has 2 N–H and O–H groups in total. The molecule has 6 heteroatoms. The van der Waals surface area contributed by atoms with Gasteiger partial charge < -0.3 is 10.4 Å². The van der Waals surface area contributed by atoms with E-state index in [9.17, 15) is 14.3 Å². The number of hydrogen-bond donors (Lipinski definition) is 2. The van der Waals surface area contributed by atoms with E-state index in [2.05, 4.69) is 15.2 Å². The van der Waals surface area contributed by atoms with E-state index in [0.717, 1.165) is 51.3 Å². The van der Waals surface area contributed by atoms with Gasteiger partial charge in [-0.2, -0.15) is 4.39 Å². The Balaban J connectivity index is 1.50. The molecule has 1 aliphatic carbocycles. The van der Waals surface area contributed by atoms with Gasteiger partial charge in [0, 0.05) is 43.0 Å². The zero-order chi connectivity index (χ0) is 16.2. The number of aliphatic hydroxyl groups excluding tert-OH is 1. The van der Waals surface area contributed by atoms with Crippen LogP contribution in [0.3, 0.4) is 0 Å². The van der Waals surface area contributed by atoms with Gasteiger partial charge in [-0.25, -0.2) is 4.98 Å². The van der Waals surface area contributed by atoms with Crippen LogP contribution in [0.5, 0.6) is 0 Å². The van der Waals surface area contributed by atoms with Crippen LogP contribution in [0.2, 0.25) is 0 Å². The summed E-state index contributed by atoms with van der Waals surface area (Å²) in [5, 5.41) is 13.1. The summed E-state index contributed by atoms with van der Waals surface area (Å²) in [5.41, 5.74) is 0.308. The lowest BCUT2D eigenvalue weighted by molar-refractivity contribution is 0.00727. The molecule has 126 valence electrons. The topological polar surface area (TPSA) is 65.5 Å². The third kappa shape index (κ3) is 4.06. The molecule has 1 aromatic rings. The van der Waals surface area contributed by atoms with Crippen LogP contribution in [0, 0.1) is 5.95 Å². The minimum absolute atomic E-state index is 0.107. The number of hydrogen-bond acceptors (Lipinski definition) is 4. The van der Waals surface area contributed by atoms with Crippen LogP contribution < -0.4 is 5.32 Å². The number of carbonyl (C=O) groups is 1. The summed E-state index contributed by atoms with van der Waals surface area (Å²) < 4.78 is 13.1. The summed E-state index contributed by atoms with van der Waals surface area (Å²) in [5.74, 6) is -0.888. The fourth-order valence-corrected chi connectivity index (χ4v) is 3.71. The molecule has 5 nitrogen and oxygen atoms in total. The van der Waals surface area contributed by atoms with E-state index in [1.54, 1.807) is 0 Å². The molecule has 2 heterocycles. The number of nitrogens with one attached hydrogen (secondary N) is 1.